The maximum absolute atomic E-state index is 9.50. The minimum absolute atomic E-state index is 0.162. The standard InChI is InChI=1S/C9H15NOS/c1-6-3-4-12-9(6)7(2)8(11)5-10/h3-4,7-8,11H,5,10H2,1-2H3. The lowest BCUT2D eigenvalue weighted by Crippen LogP contribution is -2.25. The Balaban J connectivity index is 2.77. The predicted octanol–water partition coefficient (Wildman–Crippen LogP) is 1.48. The zero-order valence-corrected chi connectivity index (χ0v) is 8.27. The van der Waals surface area contributed by atoms with Gasteiger partial charge >= 0.3 is 0 Å². The van der Waals surface area contributed by atoms with Crippen LogP contribution in [0.4, 0.5) is 0 Å². The molecule has 0 saturated carbocycles. The van der Waals surface area contributed by atoms with E-state index in [-0.39, 0.29) is 5.92 Å². The number of thiophene rings is 1. The van der Waals surface area contributed by atoms with Crippen LogP contribution in [0, 0.1) is 6.92 Å². The first-order valence-corrected chi connectivity index (χ1v) is 4.97. The predicted molar refractivity (Wildman–Crippen MR) is 52.5 cm³/mol. The molecule has 0 aliphatic heterocycles. The Labute approximate surface area is 77.0 Å². The lowest BCUT2D eigenvalue weighted by molar-refractivity contribution is 0.158. The summed E-state index contributed by atoms with van der Waals surface area (Å²) in [4.78, 5) is 1.24. The molecule has 1 heterocycles. The van der Waals surface area contributed by atoms with Crippen molar-refractivity contribution in [1.29, 1.82) is 0 Å². The van der Waals surface area contributed by atoms with Gasteiger partial charge < -0.3 is 10.8 Å². The second-order valence-electron chi connectivity index (χ2n) is 3.06. The van der Waals surface area contributed by atoms with Crippen molar-refractivity contribution < 1.29 is 5.11 Å². The van der Waals surface area contributed by atoms with Gasteiger partial charge in [-0.15, -0.1) is 11.3 Å². The van der Waals surface area contributed by atoms with Gasteiger partial charge in [0.25, 0.3) is 0 Å². The van der Waals surface area contributed by atoms with Crippen LogP contribution in [0.3, 0.4) is 0 Å². The number of aryl methyl sites for hydroxylation is 1. The quantitative estimate of drug-likeness (QED) is 0.749. The minimum Gasteiger partial charge on any atom is -0.391 e. The van der Waals surface area contributed by atoms with Crippen LogP contribution in [-0.4, -0.2) is 17.8 Å². The van der Waals surface area contributed by atoms with Gasteiger partial charge in [-0.1, -0.05) is 6.92 Å². The molecule has 0 aliphatic rings. The number of nitrogens with two attached hydrogens (primary N) is 1. The third kappa shape index (κ3) is 1.86. The highest BCUT2D eigenvalue weighted by atomic mass is 32.1. The lowest BCUT2D eigenvalue weighted by atomic mass is 10.0. The first-order valence-electron chi connectivity index (χ1n) is 4.09. The van der Waals surface area contributed by atoms with E-state index >= 15 is 0 Å². The number of hydrogen-bond acceptors (Lipinski definition) is 3. The average Bonchev–Trinajstić information content (AvgIpc) is 2.48. The summed E-state index contributed by atoms with van der Waals surface area (Å²) in [6.45, 7) is 4.40. The summed E-state index contributed by atoms with van der Waals surface area (Å²) >= 11 is 1.69. The van der Waals surface area contributed by atoms with Gasteiger partial charge in [-0.25, -0.2) is 0 Å². The van der Waals surface area contributed by atoms with Crippen LogP contribution >= 0.6 is 11.3 Å². The summed E-state index contributed by atoms with van der Waals surface area (Å²) in [7, 11) is 0. The van der Waals surface area contributed by atoms with Gasteiger partial charge in [0.15, 0.2) is 0 Å². The molecule has 2 nitrogen and oxygen atoms in total. The molecule has 0 bridgehead atoms. The molecule has 12 heavy (non-hydrogen) atoms. The van der Waals surface area contributed by atoms with Gasteiger partial charge in [0, 0.05) is 17.3 Å². The van der Waals surface area contributed by atoms with Gasteiger partial charge in [-0.05, 0) is 23.9 Å². The molecule has 0 fully saturated rings. The SMILES string of the molecule is Cc1ccsc1C(C)C(O)CN. The molecule has 3 N–H and O–H groups in total. The Morgan fingerprint density at radius 3 is 2.75 bits per heavy atom. The zero-order chi connectivity index (χ0) is 9.14. The molecule has 0 spiro atoms. The second kappa shape index (κ2) is 4.03. The fourth-order valence-corrected chi connectivity index (χ4v) is 2.27. The molecular weight excluding hydrogens is 170 g/mol. The third-order valence-corrected chi connectivity index (χ3v) is 3.35. The minimum atomic E-state index is -0.414. The molecule has 68 valence electrons. The molecule has 0 aromatic carbocycles. The van der Waals surface area contributed by atoms with Crippen LogP contribution in [-0.2, 0) is 0 Å². The van der Waals surface area contributed by atoms with Crippen molar-refractivity contribution in [2.45, 2.75) is 25.9 Å². The Morgan fingerprint density at radius 2 is 2.33 bits per heavy atom. The molecule has 1 aromatic heterocycles. The molecule has 2 unspecified atom stereocenters. The lowest BCUT2D eigenvalue weighted by Gasteiger charge is -2.16. The number of hydrogen-bond donors (Lipinski definition) is 2. The van der Waals surface area contributed by atoms with Crippen molar-refractivity contribution in [3.8, 4) is 0 Å². The Kier molecular flexibility index (Phi) is 3.26. The Hall–Kier alpha value is -0.380. The molecule has 1 rings (SSSR count). The van der Waals surface area contributed by atoms with Gasteiger partial charge in [0.2, 0.25) is 0 Å². The number of rotatable bonds is 3. The van der Waals surface area contributed by atoms with Crippen LogP contribution < -0.4 is 5.73 Å². The summed E-state index contributed by atoms with van der Waals surface area (Å²) in [5, 5.41) is 11.6. The van der Waals surface area contributed by atoms with Gasteiger partial charge in [0.05, 0.1) is 6.10 Å². The number of aliphatic hydroxyl groups is 1. The molecular formula is C9H15NOS. The molecule has 0 saturated heterocycles. The van der Waals surface area contributed by atoms with Crippen molar-refractivity contribution in [2.75, 3.05) is 6.54 Å². The van der Waals surface area contributed by atoms with Gasteiger partial charge in [0.1, 0.15) is 0 Å². The van der Waals surface area contributed by atoms with Crippen molar-refractivity contribution in [3.05, 3.63) is 21.9 Å². The van der Waals surface area contributed by atoms with Crippen LogP contribution in [0.5, 0.6) is 0 Å². The first-order chi connectivity index (χ1) is 5.66. The molecule has 1 aromatic rings. The van der Waals surface area contributed by atoms with E-state index in [1.807, 2.05) is 12.3 Å². The van der Waals surface area contributed by atoms with E-state index in [0.29, 0.717) is 6.54 Å². The summed E-state index contributed by atoms with van der Waals surface area (Å²) in [5.41, 5.74) is 6.63. The maximum Gasteiger partial charge on any atom is 0.0736 e. The van der Waals surface area contributed by atoms with E-state index in [9.17, 15) is 5.11 Å². The number of aliphatic hydroxyl groups excluding tert-OH is 1. The van der Waals surface area contributed by atoms with E-state index in [1.54, 1.807) is 11.3 Å². The van der Waals surface area contributed by atoms with Crippen molar-refractivity contribution in [2.24, 2.45) is 5.73 Å². The van der Waals surface area contributed by atoms with Crippen LogP contribution in [0.2, 0.25) is 0 Å². The Bertz CT molecular complexity index is 246. The van der Waals surface area contributed by atoms with E-state index in [1.165, 1.54) is 10.4 Å². The largest absolute Gasteiger partial charge is 0.391 e. The van der Waals surface area contributed by atoms with Crippen molar-refractivity contribution in [3.63, 3.8) is 0 Å². The van der Waals surface area contributed by atoms with Gasteiger partial charge in [-0.2, -0.15) is 0 Å². The second-order valence-corrected chi connectivity index (χ2v) is 4.01. The molecule has 2 atom stereocenters. The fraction of sp³-hybridized carbons (Fsp3) is 0.556. The Morgan fingerprint density at radius 1 is 1.67 bits per heavy atom. The normalized spacial score (nSPS) is 16.0. The van der Waals surface area contributed by atoms with Crippen LogP contribution in [0.15, 0.2) is 11.4 Å². The molecule has 0 radical (unpaired) electrons. The van der Waals surface area contributed by atoms with E-state index in [4.69, 9.17) is 5.73 Å². The van der Waals surface area contributed by atoms with E-state index in [0.717, 1.165) is 0 Å². The monoisotopic (exact) mass is 185 g/mol. The first kappa shape index (κ1) is 9.71. The average molecular weight is 185 g/mol. The highest BCUT2D eigenvalue weighted by molar-refractivity contribution is 7.10. The van der Waals surface area contributed by atoms with Crippen molar-refractivity contribution in [1.82, 2.24) is 0 Å². The third-order valence-electron chi connectivity index (χ3n) is 2.13. The summed E-state index contributed by atoms with van der Waals surface area (Å²) < 4.78 is 0. The molecule has 3 heteroatoms. The maximum atomic E-state index is 9.50. The van der Waals surface area contributed by atoms with E-state index in [2.05, 4.69) is 13.0 Å². The van der Waals surface area contributed by atoms with Crippen LogP contribution in [0.1, 0.15) is 23.3 Å². The van der Waals surface area contributed by atoms with Gasteiger partial charge in [-0.3, -0.25) is 0 Å². The topological polar surface area (TPSA) is 46.2 Å². The van der Waals surface area contributed by atoms with Crippen LogP contribution in [0.25, 0.3) is 0 Å². The van der Waals surface area contributed by atoms with E-state index < -0.39 is 6.10 Å². The fourth-order valence-electron chi connectivity index (χ4n) is 1.23. The summed E-state index contributed by atoms with van der Waals surface area (Å²) in [6, 6.07) is 2.07. The van der Waals surface area contributed by atoms with Crippen molar-refractivity contribution >= 4 is 11.3 Å². The highest BCUT2D eigenvalue weighted by Crippen LogP contribution is 2.27. The summed E-state index contributed by atoms with van der Waals surface area (Å²) in [6.07, 6.45) is -0.414. The smallest absolute Gasteiger partial charge is 0.0736 e. The highest BCUT2D eigenvalue weighted by Gasteiger charge is 2.17. The molecule has 0 amide bonds. The molecule has 0 aliphatic carbocycles. The summed E-state index contributed by atoms with van der Waals surface area (Å²) in [5.74, 6) is 0.162. The zero-order valence-electron chi connectivity index (χ0n) is 7.45.